The molecule has 0 aromatic carbocycles. The van der Waals surface area contributed by atoms with E-state index in [-0.39, 0.29) is 0 Å². The summed E-state index contributed by atoms with van der Waals surface area (Å²) in [4.78, 5) is 0. The number of halogens is 2. The van der Waals surface area contributed by atoms with Crippen LogP contribution in [0.5, 0.6) is 0 Å². The molecular weight excluding hydrogens is 155 g/mol. The Kier molecular flexibility index (Phi) is 5.80. The molecule has 0 saturated heterocycles. The maximum Gasteiger partial charge on any atom is 0.0150 e. The van der Waals surface area contributed by atoms with E-state index in [9.17, 15) is 0 Å². The van der Waals surface area contributed by atoms with Crippen molar-refractivity contribution in [2.24, 2.45) is 0 Å². The first-order valence-electron chi connectivity index (χ1n) is 2.53. The van der Waals surface area contributed by atoms with Crippen LogP contribution in [0, 0.1) is 0 Å². The SMILES string of the molecule is CC(Cl)=CC=CC=CCl. The van der Waals surface area contributed by atoms with Crippen molar-refractivity contribution in [3.05, 3.63) is 34.9 Å². The molecule has 0 unspecified atom stereocenters. The van der Waals surface area contributed by atoms with Gasteiger partial charge in [-0.05, 0) is 13.0 Å². The zero-order valence-corrected chi connectivity index (χ0v) is 6.65. The van der Waals surface area contributed by atoms with Gasteiger partial charge in [0.1, 0.15) is 0 Å². The van der Waals surface area contributed by atoms with Gasteiger partial charge in [-0.3, -0.25) is 0 Å². The lowest BCUT2D eigenvalue weighted by atomic mass is 10.4. The molecule has 50 valence electrons. The average Bonchev–Trinajstić information content (AvgIpc) is 1.80. The molecule has 0 N–H and O–H groups in total. The molecule has 0 rings (SSSR count). The fourth-order valence-corrected chi connectivity index (χ4v) is 0.451. The average molecular weight is 163 g/mol. The van der Waals surface area contributed by atoms with Crippen LogP contribution in [0.4, 0.5) is 0 Å². The molecule has 9 heavy (non-hydrogen) atoms. The standard InChI is InChI=1S/C7H8Cl2/c1-7(9)5-3-2-4-6-8/h2-6H,1H3. The van der Waals surface area contributed by atoms with E-state index in [1.54, 1.807) is 18.2 Å². The molecule has 0 bridgehead atoms. The second-order valence-corrected chi connectivity index (χ2v) is 2.30. The quantitative estimate of drug-likeness (QED) is 0.547. The van der Waals surface area contributed by atoms with Gasteiger partial charge in [0.15, 0.2) is 0 Å². The minimum absolute atomic E-state index is 0.759. The molecule has 0 aliphatic carbocycles. The lowest BCUT2D eigenvalue weighted by Gasteiger charge is -1.76. The predicted molar refractivity (Wildman–Crippen MR) is 43.7 cm³/mol. The van der Waals surface area contributed by atoms with Crippen molar-refractivity contribution in [1.82, 2.24) is 0 Å². The fourth-order valence-electron chi connectivity index (χ4n) is 0.294. The smallest absolute Gasteiger partial charge is 0.0150 e. The highest BCUT2D eigenvalue weighted by Gasteiger charge is 1.70. The molecule has 0 aliphatic heterocycles. The number of rotatable bonds is 2. The summed E-state index contributed by atoms with van der Waals surface area (Å²) in [5.41, 5.74) is 1.44. The number of hydrogen-bond donors (Lipinski definition) is 0. The van der Waals surface area contributed by atoms with Gasteiger partial charge >= 0.3 is 0 Å². The van der Waals surface area contributed by atoms with Crippen LogP contribution < -0.4 is 0 Å². The Balaban J connectivity index is 3.60. The monoisotopic (exact) mass is 162 g/mol. The van der Waals surface area contributed by atoms with Gasteiger partial charge in [-0.1, -0.05) is 41.4 Å². The molecule has 0 heterocycles. The second-order valence-electron chi connectivity index (χ2n) is 1.46. The second kappa shape index (κ2) is 5.93. The van der Waals surface area contributed by atoms with Gasteiger partial charge in [0.25, 0.3) is 0 Å². The van der Waals surface area contributed by atoms with E-state index in [0.717, 1.165) is 5.03 Å². The minimum atomic E-state index is 0.759. The van der Waals surface area contributed by atoms with E-state index < -0.39 is 0 Å². The van der Waals surface area contributed by atoms with E-state index in [0.29, 0.717) is 0 Å². The van der Waals surface area contributed by atoms with E-state index in [1.165, 1.54) is 5.54 Å². The molecule has 0 nitrogen and oxygen atoms in total. The zero-order chi connectivity index (χ0) is 7.11. The van der Waals surface area contributed by atoms with Crippen molar-refractivity contribution >= 4 is 23.2 Å². The van der Waals surface area contributed by atoms with Gasteiger partial charge in [0, 0.05) is 10.6 Å². The summed E-state index contributed by atoms with van der Waals surface area (Å²) in [6.45, 7) is 1.82. The molecule has 0 spiro atoms. The lowest BCUT2D eigenvalue weighted by Crippen LogP contribution is -1.53. The van der Waals surface area contributed by atoms with Crippen LogP contribution in [0.25, 0.3) is 0 Å². The van der Waals surface area contributed by atoms with Crippen LogP contribution in [0.3, 0.4) is 0 Å². The Morgan fingerprint density at radius 1 is 1.22 bits per heavy atom. The lowest BCUT2D eigenvalue weighted by molar-refractivity contribution is 1.66. The summed E-state index contributed by atoms with van der Waals surface area (Å²) in [7, 11) is 0. The molecule has 0 amide bonds. The summed E-state index contributed by atoms with van der Waals surface area (Å²) in [5, 5.41) is 0.759. The first-order chi connectivity index (χ1) is 4.27. The first kappa shape index (κ1) is 8.80. The summed E-state index contributed by atoms with van der Waals surface area (Å²) in [6, 6.07) is 0. The predicted octanol–water partition coefficient (Wildman–Crippen LogP) is 3.44. The van der Waals surface area contributed by atoms with Gasteiger partial charge in [-0.2, -0.15) is 0 Å². The largest absolute Gasteiger partial charge is 0.0930 e. The maximum absolute atomic E-state index is 5.51. The Bertz CT molecular complexity index is 139. The van der Waals surface area contributed by atoms with Crippen LogP contribution in [0.15, 0.2) is 34.9 Å². The summed E-state index contributed by atoms with van der Waals surface area (Å²) in [6.07, 6.45) is 7.14. The van der Waals surface area contributed by atoms with Crippen molar-refractivity contribution in [2.75, 3.05) is 0 Å². The van der Waals surface area contributed by atoms with Crippen LogP contribution in [-0.4, -0.2) is 0 Å². The molecule has 0 aromatic heterocycles. The van der Waals surface area contributed by atoms with Gasteiger partial charge in [0.2, 0.25) is 0 Å². The zero-order valence-electron chi connectivity index (χ0n) is 5.14. The first-order valence-corrected chi connectivity index (χ1v) is 3.34. The van der Waals surface area contributed by atoms with Crippen LogP contribution in [0.1, 0.15) is 6.92 Å². The van der Waals surface area contributed by atoms with Crippen molar-refractivity contribution in [3.63, 3.8) is 0 Å². The Morgan fingerprint density at radius 2 is 1.89 bits per heavy atom. The summed E-state index contributed by atoms with van der Waals surface area (Å²) in [5.74, 6) is 0. The maximum atomic E-state index is 5.51. The third kappa shape index (κ3) is 7.80. The normalized spacial score (nSPS) is 13.9. The molecule has 0 atom stereocenters. The highest BCUT2D eigenvalue weighted by Crippen LogP contribution is 1.97. The van der Waals surface area contributed by atoms with Gasteiger partial charge in [-0.15, -0.1) is 0 Å². The van der Waals surface area contributed by atoms with E-state index in [2.05, 4.69) is 0 Å². The van der Waals surface area contributed by atoms with Crippen molar-refractivity contribution in [2.45, 2.75) is 6.92 Å². The number of hydrogen-bond acceptors (Lipinski definition) is 0. The molecule has 0 aliphatic rings. The van der Waals surface area contributed by atoms with Gasteiger partial charge in [-0.25, -0.2) is 0 Å². The molecule has 0 aromatic rings. The topological polar surface area (TPSA) is 0 Å². The van der Waals surface area contributed by atoms with Crippen LogP contribution in [0.2, 0.25) is 0 Å². The van der Waals surface area contributed by atoms with E-state index in [1.807, 2.05) is 13.0 Å². The Labute approximate surface area is 65.5 Å². The highest BCUT2D eigenvalue weighted by atomic mass is 35.5. The van der Waals surface area contributed by atoms with E-state index >= 15 is 0 Å². The molecule has 0 fully saturated rings. The van der Waals surface area contributed by atoms with Crippen molar-refractivity contribution < 1.29 is 0 Å². The third-order valence-electron chi connectivity index (χ3n) is 0.621. The van der Waals surface area contributed by atoms with Crippen LogP contribution in [-0.2, 0) is 0 Å². The number of allylic oxidation sites excluding steroid dienone is 5. The van der Waals surface area contributed by atoms with Crippen molar-refractivity contribution in [1.29, 1.82) is 0 Å². The van der Waals surface area contributed by atoms with Gasteiger partial charge in [0.05, 0.1) is 0 Å². The van der Waals surface area contributed by atoms with Crippen LogP contribution >= 0.6 is 23.2 Å². The fraction of sp³-hybridized carbons (Fsp3) is 0.143. The van der Waals surface area contributed by atoms with Gasteiger partial charge < -0.3 is 0 Å². The molecule has 2 heteroatoms. The Morgan fingerprint density at radius 3 is 2.33 bits per heavy atom. The highest BCUT2D eigenvalue weighted by molar-refractivity contribution is 6.29. The Hall–Kier alpha value is -0.200. The van der Waals surface area contributed by atoms with Crippen molar-refractivity contribution in [3.8, 4) is 0 Å². The summed E-state index contributed by atoms with van der Waals surface area (Å²) >= 11 is 10.7. The summed E-state index contributed by atoms with van der Waals surface area (Å²) < 4.78 is 0. The minimum Gasteiger partial charge on any atom is -0.0930 e. The molecule has 0 saturated carbocycles. The third-order valence-corrected chi connectivity index (χ3v) is 0.892. The molecule has 0 radical (unpaired) electrons. The van der Waals surface area contributed by atoms with E-state index in [4.69, 9.17) is 23.2 Å². The molecular formula is C7H8Cl2.